The van der Waals surface area contributed by atoms with Gasteiger partial charge in [0.1, 0.15) is 0 Å². The van der Waals surface area contributed by atoms with E-state index in [1.165, 1.54) is 0 Å². The Labute approximate surface area is 189 Å². The van der Waals surface area contributed by atoms with Crippen LogP contribution in [0, 0.1) is 5.41 Å². The number of benzene rings is 1. The third-order valence-corrected chi connectivity index (χ3v) is 6.12. The lowest BCUT2D eigenvalue weighted by molar-refractivity contribution is -0.120. The lowest BCUT2D eigenvalue weighted by Gasteiger charge is -2.40. The second-order valence-corrected chi connectivity index (χ2v) is 8.20. The van der Waals surface area contributed by atoms with E-state index in [9.17, 15) is 9.59 Å². The summed E-state index contributed by atoms with van der Waals surface area (Å²) < 4.78 is 0. The molecule has 3 heterocycles. The Morgan fingerprint density at radius 1 is 1.28 bits per heavy atom. The summed E-state index contributed by atoms with van der Waals surface area (Å²) in [4.78, 5) is 32.4. The van der Waals surface area contributed by atoms with Crippen LogP contribution in [0.1, 0.15) is 37.7 Å². The zero-order chi connectivity index (χ0) is 19.6. The van der Waals surface area contributed by atoms with Gasteiger partial charge in [0, 0.05) is 63.7 Å². The van der Waals surface area contributed by atoms with Crippen molar-refractivity contribution in [3.8, 4) is 0 Å². The Hall–Kier alpha value is -1.84. The van der Waals surface area contributed by atoms with Gasteiger partial charge in [-0.05, 0) is 37.0 Å². The monoisotopic (exact) mass is 511 g/mol. The van der Waals surface area contributed by atoms with Crippen LogP contribution in [0.15, 0.2) is 29.3 Å². The highest BCUT2D eigenvalue weighted by atomic mass is 127. The SMILES string of the molecule is CN=C(NCc1cccc(N2CCCC2=O)c1)N1CCCC2(CNC(=O)C2)C1.I. The molecule has 0 saturated carbocycles. The lowest BCUT2D eigenvalue weighted by Crippen LogP contribution is -2.51. The van der Waals surface area contributed by atoms with E-state index in [0.717, 1.165) is 62.7 Å². The maximum atomic E-state index is 12.0. The van der Waals surface area contributed by atoms with E-state index in [0.29, 0.717) is 19.4 Å². The van der Waals surface area contributed by atoms with Crippen molar-refractivity contribution in [1.82, 2.24) is 15.5 Å². The van der Waals surface area contributed by atoms with Crippen molar-refractivity contribution in [2.24, 2.45) is 10.4 Å². The van der Waals surface area contributed by atoms with E-state index < -0.39 is 0 Å². The molecular weight excluding hydrogens is 481 g/mol. The average molecular weight is 511 g/mol. The number of hydrogen-bond acceptors (Lipinski definition) is 3. The Bertz CT molecular complexity index is 799. The number of guanidine groups is 1. The molecule has 29 heavy (non-hydrogen) atoms. The molecule has 4 rings (SSSR count). The number of hydrogen-bond donors (Lipinski definition) is 2. The topological polar surface area (TPSA) is 77.0 Å². The van der Waals surface area contributed by atoms with E-state index in [4.69, 9.17) is 0 Å². The molecule has 158 valence electrons. The van der Waals surface area contributed by atoms with Gasteiger partial charge in [-0.3, -0.25) is 14.6 Å². The van der Waals surface area contributed by atoms with Crippen molar-refractivity contribution in [2.45, 2.75) is 38.6 Å². The number of carbonyl (C=O) groups excluding carboxylic acids is 2. The number of nitrogens with zero attached hydrogens (tertiary/aromatic N) is 3. The number of nitrogens with one attached hydrogen (secondary N) is 2. The van der Waals surface area contributed by atoms with Crippen molar-refractivity contribution in [1.29, 1.82) is 0 Å². The van der Waals surface area contributed by atoms with Crippen molar-refractivity contribution >= 4 is 47.4 Å². The smallest absolute Gasteiger partial charge is 0.227 e. The van der Waals surface area contributed by atoms with Crippen LogP contribution in [0.5, 0.6) is 0 Å². The molecule has 3 saturated heterocycles. The first kappa shape index (κ1) is 21.9. The maximum absolute atomic E-state index is 12.0. The first-order valence-electron chi connectivity index (χ1n) is 10.2. The van der Waals surface area contributed by atoms with E-state index in [2.05, 4.69) is 32.7 Å². The van der Waals surface area contributed by atoms with Gasteiger partial charge in [0.2, 0.25) is 11.8 Å². The summed E-state index contributed by atoms with van der Waals surface area (Å²) in [6.07, 6.45) is 4.35. The summed E-state index contributed by atoms with van der Waals surface area (Å²) in [5.74, 6) is 1.25. The van der Waals surface area contributed by atoms with Gasteiger partial charge in [-0.15, -0.1) is 24.0 Å². The first-order valence-corrected chi connectivity index (χ1v) is 10.2. The molecule has 1 spiro atoms. The Morgan fingerprint density at radius 2 is 2.14 bits per heavy atom. The molecule has 3 aliphatic rings. The van der Waals surface area contributed by atoms with Crippen molar-refractivity contribution in [3.05, 3.63) is 29.8 Å². The van der Waals surface area contributed by atoms with Gasteiger partial charge in [0.25, 0.3) is 0 Å². The van der Waals surface area contributed by atoms with Crippen LogP contribution in [-0.2, 0) is 16.1 Å². The third-order valence-electron chi connectivity index (χ3n) is 6.12. The van der Waals surface area contributed by atoms with Crippen molar-refractivity contribution in [2.75, 3.05) is 38.1 Å². The standard InChI is InChI=1S/C21H29N5O2.HI/c1-22-20(25-9-4-8-21(15-25)12-18(27)24-14-21)23-13-16-5-2-6-17(11-16)26-10-3-7-19(26)28;/h2,5-6,11H,3-4,7-10,12-15H2,1H3,(H,22,23)(H,24,27);1H. The van der Waals surface area contributed by atoms with E-state index >= 15 is 0 Å². The first-order chi connectivity index (χ1) is 13.6. The van der Waals surface area contributed by atoms with Crippen LogP contribution < -0.4 is 15.5 Å². The maximum Gasteiger partial charge on any atom is 0.227 e. The van der Waals surface area contributed by atoms with Gasteiger partial charge >= 0.3 is 0 Å². The summed E-state index contributed by atoms with van der Waals surface area (Å²) >= 11 is 0. The highest BCUT2D eigenvalue weighted by molar-refractivity contribution is 14.0. The third kappa shape index (κ3) is 4.84. The van der Waals surface area contributed by atoms with Gasteiger partial charge in [-0.1, -0.05) is 12.1 Å². The van der Waals surface area contributed by atoms with Gasteiger partial charge in [-0.2, -0.15) is 0 Å². The fourth-order valence-corrected chi connectivity index (χ4v) is 4.70. The molecule has 7 nitrogen and oxygen atoms in total. The number of aliphatic imine (C=N–C) groups is 1. The summed E-state index contributed by atoms with van der Waals surface area (Å²) in [6.45, 7) is 4.04. The zero-order valence-corrected chi connectivity index (χ0v) is 19.3. The number of rotatable bonds is 3. The van der Waals surface area contributed by atoms with E-state index in [-0.39, 0.29) is 41.2 Å². The Morgan fingerprint density at radius 3 is 2.83 bits per heavy atom. The summed E-state index contributed by atoms with van der Waals surface area (Å²) in [6, 6.07) is 8.16. The second-order valence-electron chi connectivity index (χ2n) is 8.20. The van der Waals surface area contributed by atoms with E-state index in [1.54, 1.807) is 7.05 Å². The molecule has 3 aliphatic heterocycles. The summed E-state index contributed by atoms with van der Waals surface area (Å²) in [5.41, 5.74) is 2.15. The molecule has 0 aliphatic carbocycles. The van der Waals surface area contributed by atoms with Crippen molar-refractivity contribution in [3.63, 3.8) is 0 Å². The number of piperidine rings is 1. The molecule has 2 N–H and O–H groups in total. The highest BCUT2D eigenvalue weighted by Crippen LogP contribution is 2.36. The molecule has 2 amide bonds. The van der Waals surface area contributed by atoms with Crippen LogP contribution in [0.4, 0.5) is 5.69 Å². The number of anilines is 1. The quantitative estimate of drug-likeness (QED) is 0.371. The minimum absolute atomic E-state index is 0. The largest absolute Gasteiger partial charge is 0.355 e. The molecule has 1 aromatic carbocycles. The minimum Gasteiger partial charge on any atom is -0.355 e. The van der Waals surface area contributed by atoms with Crippen LogP contribution in [-0.4, -0.2) is 55.9 Å². The highest BCUT2D eigenvalue weighted by Gasteiger charge is 2.42. The Kier molecular flexibility index (Phi) is 7.02. The summed E-state index contributed by atoms with van der Waals surface area (Å²) in [7, 11) is 1.81. The molecule has 0 aromatic heterocycles. The van der Waals surface area contributed by atoms with Gasteiger partial charge in [0.15, 0.2) is 5.96 Å². The lowest BCUT2D eigenvalue weighted by atomic mass is 9.79. The predicted molar refractivity (Wildman–Crippen MR) is 125 cm³/mol. The van der Waals surface area contributed by atoms with E-state index in [1.807, 2.05) is 17.0 Å². The van der Waals surface area contributed by atoms with Crippen LogP contribution in [0.25, 0.3) is 0 Å². The fourth-order valence-electron chi connectivity index (χ4n) is 4.70. The minimum atomic E-state index is 0. The molecule has 1 unspecified atom stereocenters. The molecule has 1 aromatic rings. The molecule has 3 fully saturated rings. The predicted octanol–water partition coefficient (Wildman–Crippen LogP) is 2.11. The number of likely N-dealkylation sites (tertiary alicyclic amines) is 1. The average Bonchev–Trinajstić information content (AvgIpc) is 3.28. The van der Waals surface area contributed by atoms with Crippen LogP contribution >= 0.6 is 24.0 Å². The molecule has 1 atom stereocenters. The summed E-state index contributed by atoms with van der Waals surface area (Å²) in [5, 5.41) is 6.46. The fraction of sp³-hybridized carbons (Fsp3) is 0.571. The molecule has 0 radical (unpaired) electrons. The molecule has 0 bridgehead atoms. The molecule has 8 heteroatoms. The normalized spacial score (nSPS) is 24.7. The van der Waals surface area contributed by atoms with Gasteiger partial charge < -0.3 is 20.4 Å². The van der Waals surface area contributed by atoms with Gasteiger partial charge in [0.05, 0.1) is 0 Å². The van der Waals surface area contributed by atoms with Crippen LogP contribution in [0.3, 0.4) is 0 Å². The van der Waals surface area contributed by atoms with Gasteiger partial charge in [-0.25, -0.2) is 0 Å². The van der Waals surface area contributed by atoms with Crippen molar-refractivity contribution < 1.29 is 9.59 Å². The number of carbonyl (C=O) groups is 2. The Balaban J connectivity index is 0.00000240. The zero-order valence-electron chi connectivity index (χ0n) is 16.9. The number of halogens is 1. The molecular formula is C21H30IN5O2. The van der Waals surface area contributed by atoms with Crippen LogP contribution in [0.2, 0.25) is 0 Å². The second kappa shape index (κ2) is 9.32. The number of amides is 2.